The molecule has 28 heavy (non-hydrogen) atoms. The molecule has 2 aromatic carbocycles. The molecule has 146 valence electrons. The first-order valence-electron chi connectivity index (χ1n) is 10.1. The van der Waals surface area contributed by atoms with Crippen molar-refractivity contribution in [1.82, 2.24) is 4.90 Å². The Morgan fingerprint density at radius 3 is 2.61 bits per heavy atom. The van der Waals surface area contributed by atoms with Crippen molar-refractivity contribution in [3.8, 4) is 0 Å². The largest absolute Gasteiger partial charge is 0.326 e. The summed E-state index contributed by atoms with van der Waals surface area (Å²) in [5.74, 6) is 0.0891. The quantitative estimate of drug-likeness (QED) is 0.889. The predicted octanol–water partition coefficient (Wildman–Crippen LogP) is 3.31. The molecule has 5 heteroatoms. The second-order valence-corrected chi connectivity index (χ2v) is 7.73. The van der Waals surface area contributed by atoms with Crippen LogP contribution in [0.4, 0.5) is 11.4 Å². The fourth-order valence-corrected chi connectivity index (χ4v) is 4.29. The van der Waals surface area contributed by atoms with E-state index in [9.17, 15) is 9.59 Å². The first-order valence-corrected chi connectivity index (χ1v) is 10.1. The summed E-state index contributed by atoms with van der Waals surface area (Å²) in [6.07, 6.45) is 2.71. The van der Waals surface area contributed by atoms with Gasteiger partial charge in [-0.2, -0.15) is 0 Å². The highest BCUT2D eigenvalue weighted by Gasteiger charge is 2.34. The van der Waals surface area contributed by atoms with Crippen molar-refractivity contribution in [3.63, 3.8) is 0 Å². The van der Waals surface area contributed by atoms with Crippen molar-refractivity contribution >= 4 is 23.2 Å². The van der Waals surface area contributed by atoms with Gasteiger partial charge in [0.05, 0.1) is 12.0 Å². The Balaban J connectivity index is 1.40. The maximum Gasteiger partial charge on any atom is 0.244 e. The van der Waals surface area contributed by atoms with Gasteiger partial charge in [-0.3, -0.25) is 14.5 Å². The highest BCUT2D eigenvalue weighted by atomic mass is 16.2. The average Bonchev–Trinajstić information content (AvgIpc) is 3.17. The maximum absolute atomic E-state index is 13.2. The Labute approximate surface area is 166 Å². The predicted molar refractivity (Wildman–Crippen MR) is 111 cm³/mol. The van der Waals surface area contributed by atoms with Crippen molar-refractivity contribution in [2.24, 2.45) is 5.92 Å². The van der Waals surface area contributed by atoms with E-state index in [4.69, 9.17) is 0 Å². The number of carbonyl (C=O) groups is 2. The molecule has 1 N–H and O–H groups in total. The highest BCUT2D eigenvalue weighted by Crippen LogP contribution is 2.29. The Morgan fingerprint density at radius 1 is 1.04 bits per heavy atom. The zero-order valence-electron chi connectivity index (χ0n) is 16.3. The third-order valence-electron chi connectivity index (χ3n) is 5.92. The zero-order valence-corrected chi connectivity index (χ0v) is 16.3. The number of rotatable bonds is 4. The minimum Gasteiger partial charge on any atom is -0.326 e. The van der Waals surface area contributed by atoms with E-state index in [0.29, 0.717) is 6.54 Å². The van der Waals surface area contributed by atoms with Gasteiger partial charge in [0, 0.05) is 24.5 Å². The Hall–Kier alpha value is -2.66. The lowest BCUT2D eigenvalue weighted by Gasteiger charge is -2.37. The molecule has 2 atom stereocenters. The van der Waals surface area contributed by atoms with Crippen molar-refractivity contribution in [2.75, 3.05) is 29.9 Å². The van der Waals surface area contributed by atoms with Gasteiger partial charge in [-0.1, -0.05) is 36.4 Å². The van der Waals surface area contributed by atoms with Crippen LogP contribution in [-0.4, -0.2) is 42.4 Å². The van der Waals surface area contributed by atoms with Crippen LogP contribution in [0.25, 0.3) is 0 Å². The number of hydrogen-bond donors (Lipinski definition) is 1. The summed E-state index contributed by atoms with van der Waals surface area (Å²) in [5.41, 5.74) is 3.10. The van der Waals surface area contributed by atoms with Crippen LogP contribution < -0.4 is 10.2 Å². The number of likely N-dealkylation sites (tertiary alicyclic amines) is 1. The summed E-state index contributed by atoms with van der Waals surface area (Å²) in [5, 5.41) is 3.01. The van der Waals surface area contributed by atoms with Crippen molar-refractivity contribution in [2.45, 2.75) is 32.2 Å². The van der Waals surface area contributed by atoms with E-state index in [1.165, 1.54) is 5.56 Å². The van der Waals surface area contributed by atoms with E-state index in [1.807, 2.05) is 60.4 Å². The van der Waals surface area contributed by atoms with Crippen LogP contribution in [-0.2, 0) is 16.0 Å². The van der Waals surface area contributed by atoms with Crippen LogP contribution >= 0.6 is 0 Å². The maximum atomic E-state index is 13.2. The summed E-state index contributed by atoms with van der Waals surface area (Å²) in [4.78, 5) is 29.9. The van der Waals surface area contributed by atoms with Gasteiger partial charge in [-0.05, 0) is 56.5 Å². The molecule has 0 spiro atoms. The molecule has 2 unspecified atom stereocenters. The van der Waals surface area contributed by atoms with Crippen LogP contribution in [0.15, 0.2) is 54.6 Å². The van der Waals surface area contributed by atoms with E-state index in [2.05, 4.69) is 16.3 Å². The number of nitrogens with zero attached hydrogens (tertiary/aromatic N) is 2. The molecule has 4 rings (SSSR count). The molecule has 0 radical (unpaired) electrons. The minimum absolute atomic E-state index is 0.0436. The number of piperidine rings is 1. The third-order valence-corrected chi connectivity index (χ3v) is 5.92. The van der Waals surface area contributed by atoms with Crippen LogP contribution in [0, 0.1) is 5.92 Å². The fraction of sp³-hybridized carbons (Fsp3) is 0.391. The van der Waals surface area contributed by atoms with Gasteiger partial charge in [-0.25, -0.2) is 0 Å². The lowest BCUT2D eigenvalue weighted by Crippen LogP contribution is -2.51. The number of para-hydroxylation sites is 2. The van der Waals surface area contributed by atoms with Crippen LogP contribution in [0.1, 0.15) is 25.3 Å². The lowest BCUT2D eigenvalue weighted by molar-refractivity contribution is -0.127. The van der Waals surface area contributed by atoms with Gasteiger partial charge in [0.25, 0.3) is 0 Å². The van der Waals surface area contributed by atoms with Gasteiger partial charge in [0.15, 0.2) is 0 Å². The van der Waals surface area contributed by atoms with Crippen molar-refractivity contribution in [3.05, 3.63) is 60.2 Å². The Bertz CT molecular complexity index is 852. The molecule has 5 nitrogen and oxygen atoms in total. The fourth-order valence-electron chi connectivity index (χ4n) is 4.29. The monoisotopic (exact) mass is 377 g/mol. The van der Waals surface area contributed by atoms with Gasteiger partial charge >= 0.3 is 0 Å². The van der Waals surface area contributed by atoms with Crippen molar-refractivity contribution in [1.29, 1.82) is 0 Å². The molecule has 2 amide bonds. The number of nitrogens with one attached hydrogen (secondary N) is 1. The lowest BCUT2D eigenvalue weighted by atomic mass is 9.95. The molecule has 1 fully saturated rings. The van der Waals surface area contributed by atoms with Crippen LogP contribution in [0.3, 0.4) is 0 Å². The second kappa shape index (κ2) is 8.15. The normalized spacial score (nSPS) is 20.5. The third kappa shape index (κ3) is 3.80. The van der Waals surface area contributed by atoms with Gasteiger partial charge < -0.3 is 10.2 Å². The number of hydrogen-bond acceptors (Lipinski definition) is 3. The molecule has 0 bridgehead atoms. The van der Waals surface area contributed by atoms with E-state index in [-0.39, 0.29) is 23.8 Å². The SMILES string of the molecule is CC(C(=O)N1CCc2ccccc21)N1CCCC(C(=O)Nc2ccccc2)C1. The average molecular weight is 377 g/mol. The molecular weight excluding hydrogens is 350 g/mol. The smallest absolute Gasteiger partial charge is 0.244 e. The summed E-state index contributed by atoms with van der Waals surface area (Å²) < 4.78 is 0. The van der Waals surface area contributed by atoms with Crippen LogP contribution in [0.5, 0.6) is 0 Å². The van der Waals surface area contributed by atoms with Crippen molar-refractivity contribution < 1.29 is 9.59 Å². The number of benzene rings is 2. The number of anilines is 2. The Kier molecular flexibility index (Phi) is 5.44. The molecular formula is C23H27N3O2. The first-order chi connectivity index (χ1) is 13.6. The highest BCUT2D eigenvalue weighted by molar-refractivity contribution is 5.99. The number of carbonyl (C=O) groups excluding carboxylic acids is 2. The summed E-state index contributed by atoms with van der Waals surface area (Å²) in [6, 6.07) is 17.5. The minimum atomic E-state index is -0.224. The second-order valence-electron chi connectivity index (χ2n) is 7.73. The summed E-state index contributed by atoms with van der Waals surface area (Å²) >= 11 is 0. The van der Waals surface area contributed by atoms with Gasteiger partial charge in [-0.15, -0.1) is 0 Å². The Morgan fingerprint density at radius 2 is 1.79 bits per heavy atom. The molecule has 0 aliphatic carbocycles. The number of amides is 2. The standard InChI is InChI=1S/C23H27N3O2/c1-17(23(28)26-15-13-18-8-5-6-12-21(18)26)25-14-7-9-19(16-25)22(27)24-20-10-3-2-4-11-20/h2-6,8,10-12,17,19H,7,9,13-16H2,1H3,(H,24,27). The van der Waals surface area contributed by atoms with E-state index < -0.39 is 0 Å². The van der Waals surface area contributed by atoms with Crippen LogP contribution in [0.2, 0.25) is 0 Å². The molecule has 2 aliphatic heterocycles. The molecule has 0 saturated carbocycles. The molecule has 0 aromatic heterocycles. The van der Waals surface area contributed by atoms with Gasteiger partial charge in [0.2, 0.25) is 11.8 Å². The molecule has 1 saturated heterocycles. The molecule has 2 heterocycles. The van der Waals surface area contributed by atoms with Gasteiger partial charge in [0.1, 0.15) is 0 Å². The molecule has 2 aromatic rings. The first kappa shape index (κ1) is 18.7. The topological polar surface area (TPSA) is 52.7 Å². The number of fused-ring (bicyclic) bond motifs is 1. The summed E-state index contributed by atoms with van der Waals surface area (Å²) in [7, 11) is 0. The molecule has 2 aliphatic rings. The summed E-state index contributed by atoms with van der Waals surface area (Å²) in [6.45, 7) is 4.20. The van der Waals surface area contributed by atoms with E-state index in [1.54, 1.807) is 0 Å². The van der Waals surface area contributed by atoms with E-state index >= 15 is 0 Å². The van der Waals surface area contributed by atoms with E-state index in [0.717, 1.165) is 43.7 Å². The zero-order chi connectivity index (χ0) is 19.5.